The number of aliphatic hydroxyl groups is 1. The highest BCUT2D eigenvalue weighted by molar-refractivity contribution is 7.13. The highest BCUT2D eigenvalue weighted by Gasteiger charge is 2.08. The van der Waals surface area contributed by atoms with E-state index in [1.807, 2.05) is 5.32 Å². The zero-order chi connectivity index (χ0) is 33.9. The molecule has 0 aliphatic rings. The van der Waals surface area contributed by atoms with Gasteiger partial charge in [0.05, 0.1) is 30.5 Å². The molecule has 1 amide bonds. The number of hydrogen-bond donors (Lipinski definition) is 3. The van der Waals surface area contributed by atoms with Gasteiger partial charge in [0.15, 0.2) is 5.13 Å². The number of thiazole rings is 1. The molecule has 1 heterocycles. The van der Waals surface area contributed by atoms with Gasteiger partial charge in [0.1, 0.15) is 0 Å². The second-order valence-corrected chi connectivity index (χ2v) is 6.51. The molecule has 0 saturated heterocycles. The van der Waals surface area contributed by atoms with E-state index in [9.17, 15) is 9.90 Å². The largest absolute Gasteiger partial charge is 0.388 e. The summed E-state index contributed by atoms with van der Waals surface area (Å²) >= 11 is 0.612. The molecule has 0 saturated carbocycles. The van der Waals surface area contributed by atoms with Crippen molar-refractivity contribution in [3.8, 4) is 0 Å². The zero-order valence-electron chi connectivity index (χ0n) is 30.3. The number of nitrogens with one attached hydrogen (secondary N) is 1. The molecular weight excluding hydrogens is 382 g/mol. The summed E-state index contributed by atoms with van der Waals surface area (Å²) in [6.07, 6.45) is -12.8. The van der Waals surface area contributed by atoms with Crippen molar-refractivity contribution < 1.29 is 30.5 Å². The van der Waals surface area contributed by atoms with E-state index in [0.29, 0.717) is 11.3 Å². The van der Waals surface area contributed by atoms with Gasteiger partial charge in [-0.15, -0.1) is 11.3 Å². The Kier molecular flexibility index (Phi) is 3.15. The van der Waals surface area contributed by atoms with Crippen LogP contribution in [0.1, 0.15) is 68.2 Å². The summed E-state index contributed by atoms with van der Waals surface area (Å²) in [5.41, 5.74) is 2.93. The molecule has 2 aromatic carbocycles. The normalized spacial score (nSPS) is 20.8. The number of anilines is 2. The van der Waals surface area contributed by atoms with Crippen LogP contribution in [0.15, 0.2) is 53.7 Å². The highest BCUT2D eigenvalue weighted by Crippen LogP contribution is 2.21. The fourth-order valence-corrected chi connectivity index (χ4v) is 2.54. The molecule has 3 rings (SSSR count). The van der Waals surface area contributed by atoms with Crippen LogP contribution >= 0.6 is 11.3 Å². The lowest BCUT2D eigenvalue weighted by Gasteiger charge is -2.11. The van der Waals surface area contributed by atoms with Gasteiger partial charge < -0.3 is 16.2 Å². The number of hydrogen-bond acceptors (Lipinski definition) is 5. The fraction of sp³-hybridized carbons (Fsp3) is 0.304. The Morgan fingerprint density at radius 1 is 1.34 bits per heavy atom. The summed E-state index contributed by atoms with van der Waals surface area (Å²) in [5, 5.41) is 12.2. The first-order valence-corrected chi connectivity index (χ1v) is 9.16. The van der Waals surface area contributed by atoms with Gasteiger partial charge in [-0.1, -0.05) is 48.2 Å². The van der Waals surface area contributed by atoms with Gasteiger partial charge in [-0.05, 0) is 49.3 Å². The third-order valence-corrected chi connectivity index (χ3v) is 3.98. The van der Waals surface area contributed by atoms with Gasteiger partial charge in [0.2, 0.25) is 5.91 Å². The molecule has 29 heavy (non-hydrogen) atoms. The second kappa shape index (κ2) is 10.2. The van der Waals surface area contributed by atoms with E-state index in [0.717, 1.165) is 0 Å². The number of nitrogens with zero attached hydrogens (tertiary/aromatic N) is 1. The van der Waals surface area contributed by atoms with Gasteiger partial charge in [0, 0.05) is 19.3 Å². The Morgan fingerprint density at radius 3 is 2.86 bits per heavy atom. The molecule has 0 radical (unpaired) electrons. The maximum Gasteiger partial charge on any atom is 0.230 e. The monoisotopic (exact) mass is 424 g/mol. The summed E-state index contributed by atoms with van der Waals surface area (Å²) in [6.45, 7) is 1.29. The van der Waals surface area contributed by atoms with E-state index in [1.165, 1.54) is 6.92 Å². The number of benzene rings is 2. The first kappa shape index (κ1) is 8.98. The SMILES string of the molecule is [2H]c1sc(N)nc1C([2H])([2H])C(=O)Nc1c([2H])c([2H])c(CC([2H])([2H])CC([2H])([2H])[C@H](O)c2c([2H])c([2H])c([2H])c(C)c2[2H])c([2H])c1[2H]. The van der Waals surface area contributed by atoms with Crippen molar-refractivity contribution in [1.29, 1.82) is 0 Å². The Hall–Kier alpha value is -2.70. The van der Waals surface area contributed by atoms with Crippen LogP contribution in [0.4, 0.5) is 10.8 Å². The van der Waals surface area contributed by atoms with E-state index in [1.54, 1.807) is 0 Å². The van der Waals surface area contributed by atoms with Crippen molar-refractivity contribution in [1.82, 2.24) is 4.98 Å². The van der Waals surface area contributed by atoms with E-state index in [2.05, 4.69) is 4.98 Å². The highest BCUT2D eigenvalue weighted by atomic mass is 32.1. The second-order valence-electron chi connectivity index (χ2n) is 5.68. The Bertz CT molecular complexity index is 1590. The van der Waals surface area contributed by atoms with Crippen molar-refractivity contribution in [2.75, 3.05) is 11.1 Å². The summed E-state index contributed by atoms with van der Waals surface area (Å²) < 4.78 is 123. The molecule has 0 aliphatic carbocycles. The van der Waals surface area contributed by atoms with Gasteiger partial charge in [-0.3, -0.25) is 4.79 Å². The molecule has 6 heteroatoms. The molecule has 0 aliphatic heterocycles. The molecule has 0 spiro atoms. The smallest absolute Gasteiger partial charge is 0.230 e. The summed E-state index contributed by atoms with van der Waals surface area (Å²) in [7, 11) is 0. The molecular formula is C23H27N3O2S. The number of carbonyl (C=O) groups excluding carboxylic acids is 1. The lowest BCUT2D eigenvalue weighted by molar-refractivity contribution is -0.115. The quantitative estimate of drug-likeness (QED) is 0.466. The summed E-state index contributed by atoms with van der Waals surface area (Å²) in [6, 6.07) is -5.75. The average Bonchev–Trinajstić information content (AvgIpc) is 3.27. The minimum Gasteiger partial charge on any atom is -0.388 e. The van der Waals surface area contributed by atoms with Crippen molar-refractivity contribution in [3.05, 3.63) is 76.1 Å². The van der Waals surface area contributed by atoms with Crippen molar-refractivity contribution >= 4 is 28.1 Å². The van der Waals surface area contributed by atoms with Crippen LogP contribution < -0.4 is 11.1 Å². The van der Waals surface area contributed by atoms with Crippen molar-refractivity contribution in [2.24, 2.45) is 0 Å². The Balaban J connectivity index is 1.93. The standard InChI is InChI=1S/C23H27N3O2S/c1-16-5-4-7-18(13-16)21(27)8-3-2-6-17-9-11-19(12-10-17)25-22(28)14-20-15-29-23(24)26-20/h4-5,7,9-13,15,21,27H,2-3,6,8,14H2,1H3,(H2,24,26)(H,25,28)/t21-/m0/s1/i2D2,4D,5D,7D,8D2,9D,10D,11D,12D,13D,14D2,15D. The zero-order valence-corrected chi connectivity index (χ0v) is 16.1. The lowest BCUT2D eigenvalue weighted by atomic mass is 10.00. The maximum atomic E-state index is 12.8. The topological polar surface area (TPSA) is 88.2 Å². The Labute approximate surface area is 196 Å². The van der Waals surface area contributed by atoms with Crippen LogP contribution in [0, 0.1) is 6.92 Å². The number of rotatable bonds is 9. The maximum absolute atomic E-state index is 12.8. The van der Waals surface area contributed by atoms with Gasteiger partial charge in [-0.25, -0.2) is 4.98 Å². The van der Waals surface area contributed by atoms with E-state index in [-0.39, 0.29) is 10.7 Å². The van der Waals surface area contributed by atoms with Crippen LogP contribution in [0.25, 0.3) is 0 Å². The molecule has 1 atom stereocenters. The number of nitrogen functional groups attached to an aromatic ring is 1. The van der Waals surface area contributed by atoms with Crippen LogP contribution in [-0.2, 0) is 17.6 Å². The van der Waals surface area contributed by atoms with E-state index in [4.69, 9.17) is 26.3 Å². The molecule has 5 nitrogen and oxygen atoms in total. The summed E-state index contributed by atoms with van der Waals surface area (Å²) in [5.74, 6) is -1.46. The van der Waals surface area contributed by atoms with Crippen LogP contribution in [0.5, 0.6) is 0 Å². The fourth-order valence-electron chi connectivity index (χ4n) is 2.10. The van der Waals surface area contributed by atoms with Crippen LogP contribution in [-0.4, -0.2) is 16.0 Å². The number of carbonyl (C=O) groups is 1. The predicted octanol–water partition coefficient (Wildman–Crippen LogP) is 4.66. The number of aliphatic hydroxyl groups excluding tert-OH is 1. The van der Waals surface area contributed by atoms with Crippen LogP contribution in [0.2, 0.25) is 0 Å². The molecule has 0 unspecified atom stereocenters. The number of amides is 1. The van der Waals surface area contributed by atoms with Gasteiger partial charge in [0.25, 0.3) is 0 Å². The van der Waals surface area contributed by atoms with Crippen LogP contribution in [0.3, 0.4) is 0 Å². The predicted molar refractivity (Wildman–Crippen MR) is 119 cm³/mol. The third kappa shape index (κ3) is 6.69. The molecule has 4 N–H and O–H groups in total. The van der Waals surface area contributed by atoms with E-state index < -0.39 is 120 Å². The number of nitrogens with two attached hydrogens (primary N) is 1. The average molecular weight is 425 g/mol. The first-order valence-electron chi connectivity index (χ1n) is 15.8. The molecule has 152 valence electrons. The van der Waals surface area contributed by atoms with Crippen molar-refractivity contribution in [3.63, 3.8) is 0 Å². The number of aromatic nitrogens is 1. The lowest BCUT2D eigenvalue weighted by Crippen LogP contribution is -2.14. The third-order valence-electron chi connectivity index (χ3n) is 3.39. The van der Waals surface area contributed by atoms with Gasteiger partial charge in [-0.2, -0.15) is 0 Å². The minimum atomic E-state index is -2.95. The Morgan fingerprint density at radius 2 is 2.14 bits per heavy atom. The molecule has 0 fully saturated rings. The minimum absolute atomic E-state index is 0.0846. The molecule has 1 aromatic heterocycles. The first-order chi connectivity index (χ1) is 20.0. The van der Waals surface area contributed by atoms with Crippen molar-refractivity contribution in [2.45, 2.75) is 45.0 Å². The molecule has 3 aromatic rings. The summed E-state index contributed by atoms with van der Waals surface area (Å²) in [4.78, 5) is 16.4. The van der Waals surface area contributed by atoms with Gasteiger partial charge >= 0.3 is 0 Å². The van der Waals surface area contributed by atoms with E-state index >= 15 is 0 Å². The molecule has 0 bridgehead atoms.